The van der Waals surface area contributed by atoms with Crippen LogP contribution < -0.4 is 22.1 Å². The SMILES string of the molecule is N=C(N)NCCC[C@H](N)C(=O)NCc1ccc(CO)cc1.O. The number of nitrogens with two attached hydrogens (primary N) is 2. The molecule has 0 saturated carbocycles. The summed E-state index contributed by atoms with van der Waals surface area (Å²) in [5, 5.41) is 21.4. The molecule has 0 fully saturated rings. The first-order valence-electron chi connectivity index (χ1n) is 6.82. The largest absolute Gasteiger partial charge is 0.412 e. The molecule has 0 aromatic heterocycles. The highest BCUT2D eigenvalue weighted by Gasteiger charge is 2.12. The van der Waals surface area contributed by atoms with E-state index in [0.29, 0.717) is 25.9 Å². The lowest BCUT2D eigenvalue weighted by molar-refractivity contribution is -0.122. The van der Waals surface area contributed by atoms with Gasteiger partial charge in [0.25, 0.3) is 0 Å². The van der Waals surface area contributed by atoms with E-state index in [1.165, 1.54) is 0 Å². The van der Waals surface area contributed by atoms with Crippen molar-refractivity contribution in [3.63, 3.8) is 0 Å². The zero-order chi connectivity index (χ0) is 15.7. The van der Waals surface area contributed by atoms with Gasteiger partial charge in [-0.15, -0.1) is 0 Å². The molecule has 8 nitrogen and oxygen atoms in total. The number of aliphatic hydroxyl groups is 1. The molecular weight excluding hydrogens is 286 g/mol. The summed E-state index contributed by atoms with van der Waals surface area (Å²) in [6.07, 6.45) is 1.19. The quantitative estimate of drug-likeness (QED) is 0.196. The van der Waals surface area contributed by atoms with Crippen molar-refractivity contribution in [1.29, 1.82) is 5.41 Å². The molecule has 0 heterocycles. The van der Waals surface area contributed by atoms with Crippen molar-refractivity contribution in [3.8, 4) is 0 Å². The molecule has 1 aromatic rings. The van der Waals surface area contributed by atoms with Crippen molar-refractivity contribution in [2.24, 2.45) is 11.5 Å². The first-order chi connectivity index (χ1) is 10.0. The first kappa shape index (κ1) is 19.8. The van der Waals surface area contributed by atoms with Crippen LogP contribution in [0.15, 0.2) is 24.3 Å². The zero-order valence-electron chi connectivity index (χ0n) is 12.4. The second kappa shape index (κ2) is 10.6. The van der Waals surface area contributed by atoms with Crippen LogP contribution in [0, 0.1) is 5.41 Å². The Hall–Kier alpha value is -2.16. The number of rotatable bonds is 8. The van der Waals surface area contributed by atoms with Crippen LogP contribution in [0.1, 0.15) is 24.0 Å². The van der Waals surface area contributed by atoms with Crippen molar-refractivity contribution in [2.75, 3.05) is 6.54 Å². The van der Waals surface area contributed by atoms with E-state index in [4.69, 9.17) is 22.0 Å². The zero-order valence-corrected chi connectivity index (χ0v) is 12.4. The van der Waals surface area contributed by atoms with Gasteiger partial charge in [-0.2, -0.15) is 0 Å². The van der Waals surface area contributed by atoms with E-state index in [2.05, 4.69) is 10.6 Å². The van der Waals surface area contributed by atoms with Crippen molar-refractivity contribution >= 4 is 11.9 Å². The summed E-state index contributed by atoms with van der Waals surface area (Å²) in [6.45, 7) is 0.939. The molecule has 22 heavy (non-hydrogen) atoms. The van der Waals surface area contributed by atoms with Gasteiger partial charge < -0.3 is 32.7 Å². The van der Waals surface area contributed by atoms with Crippen LogP contribution in [0.3, 0.4) is 0 Å². The van der Waals surface area contributed by atoms with Crippen molar-refractivity contribution in [2.45, 2.75) is 32.0 Å². The van der Waals surface area contributed by atoms with Gasteiger partial charge >= 0.3 is 0 Å². The van der Waals surface area contributed by atoms with E-state index in [0.717, 1.165) is 11.1 Å². The molecule has 1 amide bonds. The molecule has 10 N–H and O–H groups in total. The minimum Gasteiger partial charge on any atom is -0.412 e. The highest BCUT2D eigenvalue weighted by molar-refractivity contribution is 5.81. The molecule has 0 aliphatic carbocycles. The molecule has 8 heteroatoms. The Morgan fingerprint density at radius 2 is 1.82 bits per heavy atom. The Bertz CT molecular complexity index is 464. The number of hydrogen-bond donors (Lipinski definition) is 6. The van der Waals surface area contributed by atoms with Crippen LogP contribution in [0.25, 0.3) is 0 Å². The summed E-state index contributed by atoms with van der Waals surface area (Å²) in [4.78, 5) is 11.8. The maximum Gasteiger partial charge on any atom is 0.237 e. The number of nitrogens with one attached hydrogen (secondary N) is 3. The highest BCUT2D eigenvalue weighted by Crippen LogP contribution is 2.04. The maximum absolute atomic E-state index is 11.8. The van der Waals surface area contributed by atoms with Gasteiger partial charge in [-0.1, -0.05) is 24.3 Å². The molecular formula is C14H25N5O3. The number of hydrogen-bond acceptors (Lipinski definition) is 4. The van der Waals surface area contributed by atoms with E-state index in [9.17, 15) is 4.79 Å². The van der Waals surface area contributed by atoms with Gasteiger partial charge in [0.2, 0.25) is 5.91 Å². The second-order valence-electron chi connectivity index (χ2n) is 4.78. The lowest BCUT2D eigenvalue weighted by Crippen LogP contribution is -2.41. The van der Waals surface area contributed by atoms with Crippen LogP contribution in [-0.2, 0) is 17.9 Å². The van der Waals surface area contributed by atoms with E-state index in [-0.39, 0.29) is 23.9 Å². The maximum atomic E-state index is 11.8. The molecule has 0 radical (unpaired) electrons. The molecule has 0 aliphatic rings. The summed E-state index contributed by atoms with van der Waals surface area (Å²) < 4.78 is 0. The number of benzene rings is 1. The normalized spacial score (nSPS) is 11.2. The Labute approximate surface area is 129 Å². The molecule has 0 aliphatic heterocycles. The van der Waals surface area contributed by atoms with E-state index < -0.39 is 6.04 Å². The van der Waals surface area contributed by atoms with Crippen LogP contribution in [0.2, 0.25) is 0 Å². The Kier molecular flexibility index (Phi) is 9.51. The number of carbonyl (C=O) groups is 1. The summed E-state index contributed by atoms with van der Waals surface area (Å²) in [5.41, 5.74) is 12.7. The molecule has 0 bridgehead atoms. The average Bonchev–Trinajstić information content (AvgIpc) is 2.49. The second-order valence-corrected chi connectivity index (χ2v) is 4.78. The topological polar surface area (TPSA) is 169 Å². The summed E-state index contributed by atoms with van der Waals surface area (Å²) in [5.74, 6) is -0.289. The third-order valence-corrected chi connectivity index (χ3v) is 3.02. The summed E-state index contributed by atoms with van der Waals surface area (Å²) in [7, 11) is 0. The van der Waals surface area contributed by atoms with Crippen molar-refractivity contribution in [1.82, 2.24) is 10.6 Å². The van der Waals surface area contributed by atoms with E-state index in [1.807, 2.05) is 24.3 Å². The van der Waals surface area contributed by atoms with Gasteiger partial charge in [-0.3, -0.25) is 10.2 Å². The van der Waals surface area contributed by atoms with Gasteiger partial charge in [-0.25, -0.2) is 0 Å². The number of amides is 1. The predicted molar refractivity (Wildman–Crippen MR) is 85.0 cm³/mol. The first-order valence-corrected chi connectivity index (χ1v) is 6.82. The predicted octanol–water partition coefficient (Wildman–Crippen LogP) is -1.44. The number of aliphatic hydroxyl groups excluding tert-OH is 1. The fraction of sp³-hybridized carbons (Fsp3) is 0.429. The minimum absolute atomic E-state index is 0. The lowest BCUT2D eigenvalue weighted by atomic mass is 10.1. The Morgan fingerprint density at radius 1 is 1.23 bits per heavy atom. The minimum atomic E-state index is -0.574. The third kappa shape index (κ3) is 7.58. The average molecular weight is 311 g/mol. The van der Waals surface area contributed by atoms with Crippen LogP contribution in [0.5, 0.6) is 0 Å². The molecule has 124 valence electrons. The molecule has 1 rings (SSSR count). The standard InChI is InChI=1S/C14H23N5O2.H2O/c15-12(2-1-7-18-14(16)17)13(21)19-8-10-3-5-11(9-20)6-4-10;/h3-6,12,20H,1-2,7-9,15H2,(H,19,21)(H4,16,17,18);1H2/t12-;/m0./s1. The van der Waals surface area contributed by atoms with E-state index in [1.54, 1.807) is 0 Å². The Morgan fingerprint density at radius 3 is 2.36 bits per heavy atom. The van der Waals surface area contributed by atoms with Gasteiger partial charge in [0.1, 0.15) is 0 Å². The monoisotopic (exact) mass is 311 g/mol. The number of carbonyl (C=O) groups excluding carboxylic acids is 1. The molecule has 1 aromatic carbocycles. The van der Waals surface area contributed by atoms with Crippen LogP contribution in [0.4, 0.5) is 0 Å². The van der Waals surface area contributed by atoms with E-state index >= 15 is 0 Å². The molecule has 0 spiro atoms. The van der Waals surface area contributed by atoms with Crippen molar-refractivity contribution < 1.29 is 15.4 Å². The van der Waals surface area contributed by atoms with Crippen LogP contribution in [-0.4, -0.2) is 35.0 Å². The third-order valence-electron chi connectivity index (χ3n) is 3.02. The van der Waals surface area contributed by atoms with Crippen LogP contribution >= 0.6 is 0 Å². The fourth-order valence-corrected chi connectivity index (χ4v) is 1.76. The number of guanidine groups is 1. The Balaban J connectivity index is 0.00000441. The summed E-state index contributed by atoms with van der Waals surface area (Å²) in [6, 6.07) is 6.77. The lowest BCUT2D eigenvalue weighted by Gasteiger charge is -2.12. The van der Waals surface area contributed by atoms with Gasteiger partial charge in [-0.05, 0) is 24.0 Å². The molecule has 1 atom stereocenters. The smallest absolute Gasteiger partial charge is 0.237 e. The summed E-state index contributed by atoms with van der Waals surface area (Å²) >= 11 is 0. The van der Waals surface area contributed by atoms with Gasteiger partial charge in [0, 0.05) is 13.1 Å². The van der Waals surface area contributed by atoms with Crippen molar-refractivity contribution in [3.05, 3.63) is 35.4 Å². The molecule has 0 saturated heterocycles. The fourth-order valence-electron chi connectivity index (χ4n) is 1.76. The van der Waals surface area contributed by atoms with Gasteiger partial charge in [0.05, 0.1) is 12.6 Å². The highest BCUT2D eigenvalue weighted by atomic mass is 16.3. The molecule has 0 unspecified atom stereocenters. The van der Waals surface area contributed by atoms with Gasteiger partial charge in [0.15, 0.2) is 5.96 Å².